The van der Waals surface area contributed by atoms with Crippen molar-refractivity contribution in [3.05, 3.63) is 0 Å². The molecule has 0 saturated carbocycles. The first-order chi connectivity index (χ1) is 4.52. The Kier molecular flexibility index (Phi) is 3.17. The van der Waals surface area contributed by atoms with Crippen molar-refractivity contribution in [2.75, 3.05) is 6.54 Å². The fourth-order valence-electron chi connectivity index (χ4n) is 0.300. The van der Waals surface area contributed by atoms with E-state index >= 15 is 0 Å². The van der Waals surface area contributed by atoms with E-state index in [0.29, 0.717) is 0 Å². The largest absolute Gasteiger partial charge is 0.327 e. The molecule has 0 bridgehead atoms. The fourth-order valence-corrected chi connectivity index (χ4v) is 0.719. The Labute approximate surface area is 57.5 Å². The minimum Gasteiger partial charge on any atom is -0.327 e. The molecule has 0 fully saturated rings. The van der Waals surface area contributed by atoms with E-state index in [0.717, 1.165) is 6.08 Å². The summed E-state index contributed by atoms with van der Waals surface area (Å²) in [6, 6.07) is 0. The molecule has 7 heteroatoms. The molecule has 0 aliphatic rings. The van der Waals surface area contributed by atoms with Crippen LogP contribution in [0.15, 0.2) is 4.99 Å². The van der Waals surface area contributed by atoms with Gasteiger partial charge in [0, 0.05) is 6.54 Å². The maximum atomic E-state index is 10.2. The zero-order valence-corrected chi connectivity index (χ0v) is 5.71. The molecule has 0 spiro atoms. The Bertz CT molecular complexity index is 239. The van der Waals surface area contributed by atoms with Gasteiger partial charge in [-0.1, -0.05) is 0 Å². The number of nitrogens with zero attached hydrogens (tertiary/aromatic N) is 1. The van der Waals surface area contributed by atoms with Gasteiger partial charge >= 0.3 is 0 Å². The SMILES string of the molecule is NCC(N=C=O)S(=O)(=O)O. The standard InChI is InChI=1S/C3H6N2O4S/c4-1-3(5-2-6)10(7,8)9/h3H,1,4H2,(H,7,8,9). The predicted molar refractivity (Wildman–Crippen MR) is 32.5 cm³/mol. The van der Waals surface area contributed by atoms with Crippen LogP contribution >= 0.6 is 0 Å². The first-order valence-electron chi connectivity index (χ1n) is 2.25. The molecule has 0 aromatic carbocycles. The van der Waals surface area contributed by atoms with E-state index in [4.69, 9.17) is 10.3 Å². The van der Waals surface area contributed by atoms with Crippen LogP contribution in [0, 0.1) is 0 Å². The van der Waals surface area contributed by atoms with Gasteiger partial charge < -0.3 is 5.73 Å². The first-order valence-corrected chi connectivity index (χ1v) is 3.76. The van der Waals surface area contributed by atoms with Gasteiger partial charge in [0.2, 0.25) is 11.5 Å². The second-order valence-electron chi connectivity index (χ2n) is 1.43. The summed E-state index contributed by atoms with van der Waals surface area (Å²) in [5.74, 6) is 0. The summed E-state index contributed by atoms with van der Waals surface area (Å²) in [5, 5.41) is -1.58. The van der Waals surface area contributed by atoms with Gasteiger partial charge in [0.15, 0.2) is 0 Å². The van der Waals surface area contributed by atoms with E-state index in [1.54, 1.807) is 0 Å². The van der Waals surface area contributed by atoms with Crippen LogP contribution in [0.5, 0.6) is 0 Å². The minimum absolute atomic E-state index is 0.436. The Morgan fingerprint density at radius 3 is 2.30 bits per heavy atom. The number of hydrogen-bond acceptors (Lipinski definition) is 5. The second-order valence-corrected chi connectivity index (χ2v) is 3.00. The van der Waals surface area contributed by atoms with Crippen molar-refractivity contribution in [3.8, 4) is 0 Å². The average molecular weight is 166 g/mol. The van der Waals surface area contributed by atoms with Crippen LogP contribution in [0.4, 0.5) is 0 Å². The highest BCUT2D eigenvalue weighted by Crippen LogP contribution is 1.95. The van der Waals surface area contributed by atoms with Gasteiger partial charge in [-0.25, -0.2) is 4.79 Å². The normalized spacial score (nSPS) is 13.8. The van der Waals surface area contributed by atoms with Crippen molar-refractivity contribution >= 4 is 16.2 Å². The van der Waals surface area contributed by atoms with Crippen LogP contribution in [-0.4, -0.2) is 31.0 Å². The third kappa shape index (κ3) is 2.70. The van der Waals surface area contributed by atoms with E-state index < -0.39 is 22.0 Å². The van der Waals surface area contributed by atoms with Gasteiger partial charge in [-0.2, -0.15) is 13.4 Å². The summed E-state index contributed by atoms with van der Waals surface area (Å²) >= 11 is 0. The number of carbonyl (C=O) groups excluding carboxylic acids is 1. The Hall–Kier alpha value is -0.750. The lowest BCUT2D eigenvalue weighted by Gasteiger charge is -2.00. The highest BCUT2D eigenvalue weighted by atomic mass is 32.2. The average Bonchev–Trinajstić information content (AvgIpc) is 1.80. The van der Waals surface area contributed by atoms with E-state index in [1.165, 1.54) is 0 Å². The molecule has 58 valence electrons. The number of rotatable bonds is 3. The summed E-state index contributed by atoms with van der Waals surface area (Å²) in [7, 11) is -4.33. The third-order valence-corrected chi connectivity index (χ3v) is 1.73. The van der Waals surface area contributed by atoms with Crippen molar-refractivity contribution in [2.45, 2.75) is 5.37 Å². The summed E-state index contributed by atoms with van der Waals surface area (Å²) in [6.45, 7) is -0.436. The van der Waals surface area contributed by atoms with Gasteiger partial charge in [-0.3, -0.25) is 4.55 Å². The minimum atomic E-state index is -4.33. The zero-order valence-electron chi connectivity index (χ0n) is 4.89. The van der Waals surface area contributed by atoms with E-state index in [1.807, 2.05) is 0 Å². The number of aliphatic imine (C=N–C) groups is 1. The topological polar surface area (TPSA) is 110 Å². The van der Waals surface area contributed by atoms with Crippen LogP contribution in [0.2, 0.25) is 0 Å². The second kappa shape index (κ2) is 3.43. The van der Waals surface area contributed by atoms with Gasteiger partial charge in [-0.05, 0) is 0 Å². The van der Waals surface area contributed by atoms with Crippen molar-refractivity contribution in [1.82, 2.24) is 0 Å². The van der Waals surface area contributed by atoms with Crippen molar-refractivity contribution in [2.24, 2.45) is 10.7 Å². The molecule has 0 amide bonds. The van der Waals surface area contributed by atoms with Gasteiger partial charge in [-0.15, -0.1) is 0 Å². The molecule has 0 radical (unpaired) electrons. The smallest absolute Gasteiger partial charge is 0.290 e. The zero-order chi connectivity index (χ0) is 8.20. The van der Waals surface area contributed by atoms with Crippen LogP contribution < -0.4 is 5.73 Å². The molecule has 0 aliphatic heterocycles. The highest BCUT2D eigenvalue weighted by Gasteiger charge is 2.19. The first kappa shape index (κ1) is 9.25. The Morgan fingerprint density at radius 1 is 1.70 bits per heavy atom. The Morgan fingerprint density at radius 2 is 2.20 bits per heavy atom. The molecule has 1 atom stereocenters. The van der Waals surface area contributed by atoms with Crippen LogP contribution in [-0.2, 0) is 14.9 Å². The maximum Gasteiger partial charge on any atom is 0.290 e. The molecule has 10 heavy (non-hydrogen) atoms. The fraction of sp³-hybridized carbons (Fsp3) is 0.667. The molecule has 0 rings (SSSR count). The summed E-state index contributed by atoms with van der Waals surface area (Å²) in [5.41, 5.74) is 4.83. The molecule has 0 aromatic rings. The number of hydrogen-bond donors (Lipinski definition) is 2. The lowest BCUT2D eigenvalue weighted by atomic mass is 10.7. The summed E-state index contributed by atoms with van der Waals surface area (Å²) in [6.07, 6.45) is 0.981. The third-order valence-electron chi connectivity index (χ3n) is 0.742. The summed E-state index contributed by atoms with van der Waals surface area (Å²) < 4.78 is 28.5. The van der Waals surface area contributed by atoms with Crippen molar-refractivity contribution in [1.29, 1.82) is 0 Å². The van der Waals surface area contributed by atoms with Gasteiger partial charge in [0.1, 0.15) is 0 Å². The molecule has 0 aromatic heterocycles. The molecule has 3 N–H and O–H groups in total. The van der Waals surface area contributed by atoms with Crippen molar-refractivity contribution in [3.63, 3.8) is 0 Å². The monoisotopic (exact) mass is 166 g/mol. The van der Waals surface area contributed by atoms with Crippen LogP contribution in [0.1, 0.15) is 0 Å². The molecular formula is C3H6N2O4S. The molecule has 6 nitrogen and oxygen atoms in total. The molecular weight excluding hydrogens is 160 g/mol. The lowest BCUT2D eigenvalue weighted by molar-refractivity contribution is 0.467. The van der Waals surface area contributed by atoms with E-state index in [-0.39, 0.29) is 0 Å². The molecule has 0 heterocycles. The number of nitrogens with two attached hydrogens (primary N) is 1. The van der Waals surface area contributed by atoms with Gasteiger partial charge in [0.25, 0.3) is 10.1 Å². The van der Waals surface area contributed by atoms with Crippen molar-refractivity contribution < 1.29 is 17.8 Å². The van der Waals surface area contributed by atoms with Crippen LogP contribution in [0.25, 0.3) is 0 Å². The molecule has 0 aliphatic carbocycles. The lowest BCUT2D eigenvalue weighted by Crippen LogP contribution is -2.26. The maximum absolute atomic E-state index is 10.2. The molecule has 0 saturated heterocycles. The highest BCUT2D eigenvalue weighted by molar-refractivity contribution is 7.86. The number of isocyanates is 1. The molecule has 1 unspecified atom stereocenters. The van der Waals surface area contributed by atoms with E-state index in [9.17, 15) is 13.2 Å². The Balaban J connectivity index is 4.53. The van der Waals surface area contributed by atoms with Gasteiger partial charge in [0.05, 0.1) is 0 Å². The quantitative estimate of drug-likeness (QED) is 0.301. The van der Waals surface area contributed by atoms with E-state index in [2.05, 4.69) is 4.99 Å². The van der Waals surface area contributed by atoms with Crippen LogP contribution in [0.3, 0.4) is 0 Å². The summed E-state index contributed by atoms with van der Waals surface area (Å²) in [4.78, 5) is 12.2. The predicted octanol–water partition coefficient (Wildman–Crippen LogP) is -1.51.